The minimum absolute atomic E-state index is 0.0325. The van der Waals surface area contributed by atoms with Crippen LogP contribution in [0.2, 0.25) is 0 Å². The molecular formula is C14H22N2O3. The lowest BCUT2D eigenvalue weighted by atomic mass is 10.1. The van der Waals surface area contributed by atoms with Gasteiger partial charge in [-0.1, -0.05) is 0 Å². The van der Waals surface area contributed by atoms with Crippen LogP contribution in [0.5, 0.6) is 0 Å². The number of rotatable bonds is 4. The van der Waals surface area contributed by atoms with E-state index in [1.807, 2.05) is 12.1 Å². The Labute approximate surface area is 113 Å². The van der Waals surface area contributed by atoms with Gasteiger partial charge < -0.3 is 14.4 Å². The largest absolute Gasteiger partial charge is 0.481 e. The molecular weight excluding hydrogens is 244 g/mol. The number of furan rings is 1. The second kappa shape index (κ2) is 6.21. The molecule has 0 aromatic carbocycles. The van der Waals surface area contributed by atoms with Crippen LogP contribution in [0.15, 0.2) is 22.8 Å². The summed E-state index contributed by atoms with van der Waals surface area (Å²) >= 11 is 0. The molecule has 0 amide bonds. The van der Waals surface area contributed by atoms with E-state index in [1.165, 1.54) is 0 Å². The molecule has 1 aliphatic rings. The van der Waals surface area contributed by atoms with Gasteiger partial charge in [0, 0.05) is 18.6 Å². The first kappa shape index (κ1) is 14.1. The minimum Gasteiger partial charge on any atom is -0.481 e. The molecule has 0 saturated carbocycles. The van der Waals surface area contributed by atoms with Gasteiger partial charge in [0.15, 0.2) is 0 Å². The quantitative estimate of drug-likeness (QED) is 0.898. The van der Waals surface area contributed by atoms with E-state index in [1.54, 1.807) is 6.26 Å². The van der Waals surface area contributed by atoms with Crippen LogP contribution < -0.4 is 0 Å². The number of hydrogen-bond donors (Lipinski definition) is 1. The first-order chi connectivity index (χ1) is 9.06. The predicted octanol–water partition coefficient (Wildman–Crippen LogP) is 1.65. The van der Waals surface area contributed by atoms with Gasteiger partial charge in [0.2, 0.25) is 0 Å². The van der Waals surface area contributed by atoms with Gasteiger partial charge in [-0.15, -0.1) is 0 Å². The third-order valence-corrected chi connectivity index (χ3v) is 3.81. The maximum Gasteiger partial charge on any atom is 0.304 e. The normalized spacial score (nSPS) is 26.2. The molecule has 19 heavy (non-hydrogen) atoms. The van der Waals surface area contributed by atoms with Crippen molar-refractivity contribution in [2.45, 2.75) is 38.4 Å². The van der Waals surface area contributed by atoms with E-state index < -0.39 is 5.97 Å². The molecule has 2 rings (SSSR count). The zero-order valence-electron chi connectivity index (χ0n) is 11.6. The molecule has 1 aromatic heterocycles. The van der Waals surface area contributed by atoms with Gasteiger partial charge in [-0.2, -0.15) is 0 Å². The standard InChI is InChI=1S/C14H22N2O3/c1-11-5-6-15(2)9-12(8-14(17)18)16(11)10-13-4-3-7-19-13/h3-4,7,11-12H,5-6,8-10H2,1-2H3,(H,17,18). The Balaban J connectivity index is 2.13. The van der Waals surface area contributed by atoms with Gasteiger partial charge in [-0.3, -0.25) is 9.69 Å². The third kappa shape index (κ3) is 3.81. The molecule has 2 heterocycles. The van der Waals surface area contributed by atoms with Crippen molar-refractivity contribution in [2.24, 2.45) is 0 Å². The summed E-state index contributed by atoms with van der Waals surface area (Å²) in [4.78, 5) is 15.5. The zero-order chi connectivity index (χ0) is 13.8. The van der Waals surface area contributed by atoms with Gasteiger partial charge in [0.1, 0.15) is 5.76 Å². The van der Waals surface area contributed by atoms with Crippen molar-refractivity contribution in [1.29, 1.82) is 0 Å². The van der Waals surface area contributed by atoms with E-state index in [-0.39, 0.29) is 12.5 Å². The molecule has 0 bridgehead atoms. The molecule has 1 fully saturated rings. The van der Waals surface area contributed by atoms with Gasteiger partial charge in [-0.25, -0.2) is 0 Å². The topological polar surface area (TPSA) is 56.9 Å². The van der Waals surface area contributed by atoms with E-state index in [2.05, 4.69) is 23.8 Å². The summed E-state index contributed by atoms with van der Waals surface area (Å²) in [5.74, 6) is 0.156. The van der Waals surface area contributed by atoms with Gasteiger partial charge in [0.05, 0.1) is 19.2 Å². The second-order valence-electron chi connectivity index (χ2n) is 5.40. The fourth-order valence-electron chi connectivity index (χ4n) is 2.74. The Morgan fingerprint density at radius 1 is 1.58 bits per heavy atom. The summed E-state index contributed by atoms with van der Waals surface area (Å²) in [5.41, 5.74) is 0. The molecule has 0 aliphatic carbocycles. The summed E-state index contributed by atoms with van der Waals surface area (Å²) in [6, 6.07) is 4.21. The Bertz CT molecular complexity index is 405. The van der Waals surface area contributed by atoms with Crippen molar-refractivity contribution in [3.05, 3.63) is 24.2 Å². The lowest BCUT2D eigenvalue weighted by molar-refractivity contribution is -0.138. The average Bonchev–Trinajstić information content (AvgIpc) is 2.80. The average molecular weight is 266 g/mol. The van der Waals surface area contributed by atoms with Crippen molar-refractivity contribution in [1.82, 2.24) is 9.80 Å². The maximum atomic E-state index is 11.1. The summed E-state index contributed by atoms with van der Waals surface area (Å²) in [6.07, 6.45) is 2.89. The number of likely N-dealkylation sites (N-methyl/N-ethyl adjacent to an activating group) is 1. The summed E-state index contributed by atoms with van der Waals surface area (Å²) in [7, 11) is 2.05. The van der Waals surface area contributed by atoms with Gasteiger partial charge >= 0.3 is 5.97 Å². The van der Waals surface area contributed by atoms with E-state index in [9.17, 15) is 4.79 Å². The molecule has 1 N–H and O–H groups in total. The molecule has 2 unspecified atom stereocenters. The van der Waals surface area contributed by atoms with E-state index >= 15 is 0 Å². The SMILES string of the molecule is CC1CCN(C)CC(CC(=O)O)N1Cc1ccco1. The highest BCUT2D eigenvalue weighted by Gasteiger charge is 2.30. The molecule has 1 aliphatic heterocycles. The Morgan fingerprint density at radius 3 is 3.00 bits per heavy atom. The first-order valence-corrected chi connectivity index (χ1v) is 6.74. The molecule has 5 heteroatoms. The highest BCUT2D eigenvalue weighted by molar-refractivity contribution is 5.67. The molecule has 2 atom stereocenters. The van der Waals surface area contributed by atoms with Crippen LogP contribution in [0.4, 0.5) is 0 Å². The Kier molecular flexibility index (Phi) is 4.61. The summed E-state index contributed by atoms with van der Waals surface area (Å²) < 4.78 is 5.40. The van der Waals surface area contributed by atoms with Crippen LogP contribution in [0, 0.1) is 0 Å². The zero-order valence-corrected chi connectivity index (χ0v) is 11.6. The van der Waals surface area contributed by atoms with Crippen LogP contribution in [0.25, 0.3) is 0 Å². The first-order valence-electron chi connectivity index (χ1n) is 6.74. The second-order valence-corrected chi connectivity index (χ2v) is 5.40. The van der Waals surface area contributed by atoms with Crippen molar-refractivity contribution >= 4 is 5.97 Å². The monoisotopic (exact) mass is 266 g/mol. The van der Waals surface area contributed by atoms with Crippen molar-refractivity contribution in [2.75, 3.05) is 20.1 Å². The molecule has 5 nitrogen and oxygen atoms in total. The van der Waals surface area contributed by atoms with E-state index in [0.717, 1.165) is 25.3 Å². The van der Waals surface area contributed by atoms with Crippen LogP contribution in [0.1, 0.15) is 25.5 Å². The van der Waals surface area contributed by atoms with Crippen molar-refractivity contribution < 1.29 is 14.3 Å². The highest BCUT2D eigenvalue weighted by atomic mass is 16.4. The number of hydrogen-bond acceptors (Lipinski definition) is 4. The minimum atomic E-state index is -0.739. The molecule has 106 valence electrons. The van der Waals surface area contributed by atoms with Gasteiger partial charge in [0.25, 0.3) is 0 Å². The number of carboxylic acids is 1. The Hall–Kier alpha value is -1.33. The smallest absolute Gasteiger partial charge is 0.304 e. The fourth-order valence-corrected chi connectivity index (χ4v) is 2.74. The maximum absolute atomic E-state index is 11.1. The lowest BCUT2D eigenvalue weighted by Gasteiger charge is -2.33. The molecule has 1 aromatic rings. The highest BCUT2D eigenvalue weighted by Crippen LogP contribution is 2.21. The fraction of sp³-hybridized carbons (Fsp3) is 0.643. The number of aliphatic carboxylic acids is 1. The van der Waals surface area contributed by atoms with E-state index in [0.29, 0.717) is 12.6 Å². The number of nitrogens with zero attached hydrogens (tertiary/aromatic N) is 2. The Morgan fingerprint density at radius 2 is 2.37 bits per heavy atom. The summed E-state index contributed by atoms with van der Waals surface area (Å²) in [6.45, 7) is 4.64. The third-order valence-electron chi connectivity index (χ3n) is 3.81. The van der Waals surface area contributed by atoms with Crippen LogP contribution in [0.3, 0.4) is 0 Å². The molecule has 0 spiro atoms. The molecule has 1 saturated heterocycles. The summed E-state index contributed by atoms with van der Waals surface area (Å²) in [5, 5.41) is 9.11. The van der Waals surface area contributed by atoms with Crippen LogP contribution >= 0.6 is 0 Å². The van der Waals surface area contributed by atoms with E-state index in [4.69, 9.17) is 9.52 Å². The molecule has 0 radical (unpaired) electrons. The lowest BCUT2D eigenvalue weighted by Crippen LogP contribution is -2.44. The van der Waals surface area contributed by atoms with Crippen LogP contribution in [-0.2, 0) is 11.3 Å². The predicted molar refractivity (Wildman–Crippen MR) is 71.9 cm³/mol. The number of carboxylic acid groups (broad SMARTS) is 1. The van der Waals surface area contributed by atoms with Crippen molar-refractivity contribution in [3.63, 3.8) is 0 Å². The van der Waals surface area contributed by atoms with Gasteiger partial charge in [-0.05, 0) is 39.1 Å². The van der Waals surface area contributed by atoms with Crippen LogP contribution in [-0.4, -0.2) is 53.1 Å². The number of carbonyl (C=O) groups is 1. The van der Waals surface area contributed by atoms with Crippen molar-refractivity contribution in [3.8, 4) is 0 Å².